The number of hydrogen-bond donors (Lipinski definition) is 1. The van der Waals surface area contributed by atoms with E-state index in [-0.39, 0.29) is 19.2 Å². The Morgan fingerprint density at radius 1 is 1.32 bits per heavy atom. The van der Waals surface area contributed by atoms with Gasteiger partial charge < -0.3 is 14.6 Å². The van der Waals surface area contributed by atoms with E-state index in [1.807, 2.05) is 0 Å². The second-order valence-electron chi connectivity index (χ2n) is 5.43. The third kappa shape index (κ3) is 6.72. The molecular weight excluding hydrogens is 267 g/mol. The average Bonchev–Trinajstić information content (AvgIpc) is 2.34. The molecule has 1 atom stereocenters. The van der Waals surface area contributed by atoms with Crippen LogP contribution >= 0.6 is 0 Å². The number of ether oxygens (including phenoxy) is 2. The van der Waals surface area contributed by atoms with Gasteiger partial charge in [0.15, 0.2) is 11.6 Å². The quantitative estimate of drug-likeness (QED) is 0.450. The summed E-state index contributed by atoms with van der Waals surface area (Å²) in [7, 11) is -1.11. The molecule has 0 bridgehead atoms. The van der Waals surface area contributed by atoms with E-state index in [0.717, 1.165) is 18.4 Å². The molecule has 0 amide bonds. The number of halogens is 1. The Morgan fingerprint density at radius 3 is 2.47 bits per heavy atom. The first-order valence-corrected chi connectivity index (χ1v) is 9.91. The van der Waals surface area contributed by atoms with E-state index in [1.165, 1.54) is 0 Å². The van der Waals surface area contributed by atoms with Crippen LogP contribution in [0.3, 0.4) is 0 Å². The summed E-state index contributed by atoms with van der Waals surface area (Å²) < 4.78 is 23.4. The second-order valence-corrected chi connectivity index (χ2v) is 11.1. The fourth-order valence-corrected chi connectivity index (χ4v) is 2.02. The molecule has 1 rings (SSSR count). The smallest absolute Gasteiger partial charge is 0.159 e. The Morgan fingerprint density at radius 2 is 1.95 bits per heavy atom. The Hall–Kier alpha value is -0.893. The fourth-order valence-electron chi connectivity index (χ4n) is 1.26. The fraction of sp³-hybridized carbons (Fsp3) is 0.667. The molecule has 1 aromatic rings. The van der Waals surface area contributed by atoms with Crippen molar-refractivity contribution in [2.24, 2.45) is 0 Å². The Balaban J connectivity index is 2.31. The lowest BCUT2D eigenvalue weighted by Gasteiger charge is -2.17. The van der Waals surface area contributed by atoms with Crippen molar-refractivity contribution in [3.63, 3.8) is 0 Å². The maximum Gasteiger partial charge on any atom is 0.159 e. The van der Waals surface area contributed by atoms with Crippen LogP contribution in [0.2, 0.25) is 25.7 Å². The minimum absolute atomic E-state index is 0.0659. The summed E-state index contributed by atoms with van der Waals surface area (Å²) in [6, 6.07) is 1.05. The maximum absolute atomic E-state index is 12.7. The summed E-state index contributed by atoms with van der Waals surface area (Å²) >= 11 is 0. The monoisotopic (exact) mass is 288 g/mol. The summed E-state index contributed by atoms with van der Waals surface area (Å²) in [5, 5.41) is 9.19. The maximum atomic E-state index is 12.7. The summed E-state index contributed by atoms with van der Waals surface area (Å²) in [5.74, 6) is -0.274. The first-order chi connectivity index (χ1) is 8.92. The molecule has 108 valence electrons. The van der Waals surface area contributed by atoms with Gasteiger partial charge in [-0.3, -0.25) is 0 Å². The molecule has 0 saturated heterocycles. The Kier molecular flexibility index (Phi) is 6.50. The van der Waals surface area contributed by atoms with Crippen molar-refractivity contribution in [1.29, 1.82) is 0 Å². The van der Waals surface area contributed by atoms with Gasteiger partial charge in [-0.05, 0) is 6.04 Å². The molecule has 1 N–H and O–H groups in total. The van der Waals surface area contributed by atoms with E-state index in [2.05, 4.69) is 29.6 Å². The lowest BCUT2D eigenvalue weighted by molar-refractivity contribution is -0.104. The van der Waals surface area contributed by atoms with Gasteiger partial charge in [-0.25, -0.2) is 14.4 Å². The topological polar surface area (TPSA) is 64.5 Å². The molecular formula is C12H21FN2O3Si. The predicted octanol–water partition coefficient (Wildman–Crippen LogP) is 1.98. The zero-order valence-corrected chi connectivity index (χ0v) is 12.6. The molecule has 0 spiro atoms. The van der Waals surface area contributed by atoms with Gasteiger partial charge in [-0.2, -0.15) is 0 Å². The molecule has 0 saturated carbocycles. The van der Waals surface area contributed by atoms with Gasteiger partial charge in [0.1, 0.15) is 12.9 Å². The normalized spacial score (nSPS) is 13.5. The van der Waals surface area contributed by atoms with E-state index in [4.69, 9.17) is 9.47 Å². The van der Waals surface area contributed by atoms with E-state index in [1.54, 1.807) is 0 Å². The molecule has 1 unspecified atom stereocenters. The molecule has 1 aromatic heterocycles. The summed E-state index contributed by atoms with van der Waals surface area (Å²) in [6.07, 6.45) is 1.40. The lowest BCUT2D eigenvalue weighted by Crippen LogP contribution is -2.22. The van der Waals surface area contributed by atoms with Crippen molar-refractivity contribution in [2.75, 3.05) is 20.0 Å². The molecule has 0 radical (unpaired) electrons. The SMILES string of the molecule is C[Si](C)(C)CCOCOC(CO)c1ncc(F)cn1. The molecule has 0 aliphatic carbocycles. The van der Waals surface area contributed by atoms with Crippen molar-refractivity contribution >= 4 is 8.07 Å². The summed E-state index contributed by atoms with van der Waals surface area (Å²) in [6.45, 7) is 7.22. The van der Waals surface area contributed by atoms with E-state index in [0.29, 0.717) is 6.61 Å². The molecule has 0 fully saturated rings. The number of aliphatic hydroxyl groups is 1. The van der Waals surface area contributed by atoms with Crippen molar-refractivity contribution < 1.29 is 19.0 Å². The number of hydrogen-bond acceptors (Lipinski definition) is 5. The molecule has 0 aliphatic heterocycles. The highest BCUT2D eigenvalue weighted by Gasteiger charge is 2.15. The van der Waals surface area contributed by atoms with Gasteiger partial charge in [-0.15, -0.1) is 0 Å². The second kappa shape index (κ2) is 7.64. The van der Waals surface area contributed by atoms with Crippen molar-refractivity contribution in [1.82, 2.24) is 9.97 Å². The van der Waals surface area contributed by atoms with Crippen molar-refractivity contribution in [2.45, 2.75) is 31.8 Å². The molecule has 5 nitrogen and oxygen atoms in total. The van der Waals surface area contributed by atoms with Crippen LogP contribution in [0, 0.1) is 5.82 Å². The van der Waals surface area contributed by atoms with Crippen LogP contribution in [0.5, 0.6) is 0 Å². The average molecular weight is 288 g/mol. The van der Waals surface area contributed by atoms with Gasteiger partial charge in [0.25, 0.3) is 0 Å². The standard InChI is InChI=1S/C12H21FN2O3Si/c1-19(2,3)5-4-17-9-18-11(8-16)12-14-6-10(13)7-15-12/h6-7,11,16H,4-5,8-9H2,1-3H3. The van der Waals surface area contributed by atoms with Crippen LogP contribution in [0.15, 0.2) is 12.4 Å². The summed E-state index contributed by atoms with van der Waals surface area (Å²) in [4.78, 5) is 7.54. The van der Waals surface area contributed by atoms with Gasteiger partial charge in [-0.1, -0.05) is 19.6 Å². The van der Waals surface area contributed by atoms with Crippen molar-refractivity contribution in [3.05, 3.63) is 24.0 Å². The molecule has 7 heteroatoms. The number of nitrogens with zero attached hydrogens (tertiary/aromatic N) is 2. The van der Waals surface area contributed by atoms with Gasteiger partial charge in [0.2, 0.25) is 0 Å². The van der Waals surface area contributed by atoms with Crippen LogP contribution in [-0.2, 0) is 9.47 Å². The minimum Gasteiger partial charge on any atom is -0.393 e. The highest BCUT2D eigenvalue weighted by molar-refractivity contribution is 6.76. The van der Waals surface area contributed by atoms with E-state index >= 15 is 0 Å². The van der Waals surface area contributed by atoms with Crippen molar-refractivity contribution in [3.8, 4) is 0 Å². The Bertz CT molecular complexity index is 370. The first kappa shape index (κ1) is 16.2. The van der Waals surface area contributed by atoms with Gasteiger partial charge in [0.05, 0.1) is 19.0 Å². The van der Waals surface area contributed by atoms with Crippen LogP contribution in [0.25, 0.3) is 0 Å². The minimum atomic E-state index is -1.11. The zero-order valence-electron chi connectivity index (χ0n) is 11.6. The third-order valence-electron chi connectivity index (χ3n) is 2.44. The Labute approximate surface area is 113 Å². The largest absolute Gasteiger partial charge is 0.393 e. The van der Waals surface area contributed by atoms with Crippen LogP contribution in [-0.4, -0.2) is 43.2 Å². The number of aromatic nitrogens is 2. The molecule has 19 heavy (non-hydrogen) atoms. The predicted molar refractivity (Wildman–Crippen MR) is 71.9 cm³/mol. The lowest BCUT2D eigenvalue weighted by atomic mass is 10.3. The van der Waals surface area contributed by atoms with E-state index < -0.39 is 20.0 Å². The van der Waals surface area contributed by atoms with E-state index in [9.17, 15) is 9.50 Å². The highest BCUT2D eigenvalue weighted by Crippen LogP contribution is 2.12. The number of rotatable bonds is 8. The van der Waals surface area contributed by atoms with Crippen LogP contribution < -0.4 is 0 Å². The first-order valence-electron chi connectivity index (χ1n) is 6.20. The summed E-state index contributed by atoms with van der Waals surface area (Å²) in [5.41, 5.74) is 0. The zero-order chi connectivity index (χ0) is 14.3. The molecule has 0 aromatic carbocycles. The highest BCUT2D eigenvalue weighted by atomic mass is 28.3. The third-order valence-corrected chi connectivity index (χ3v) is 4.15. The van der Waals surface area contributed by atoms with Crippen LogP contribution in [0.4, 0.5) is 4.39 Å². The van der Waals surface area contributed by atoms with Gasteiger partial charge in [0, 0.05) is 14.7 Å². The number of aliphatic hydroxyl groups excluding tert-OH is 1. The molecule has 1 heterocycles. The van der Waals surface area contributed by atoms with Gasteiger partial charge >= 0.3 is 0 Å². The van der Waals surface area contributed by atoms with Crippen LogP contribution in [0.1, 0.15) is 11.9 Å². The molecule has 0 aliphatic rings.